The standard InChI is InChI=1S/C42H40N4O4S8/c47-33(29-13-5-1-6-14-29)43-21-25-51-37-38(52-26-22-44-34(48)30-15-7-2-8-16-30)56-41(55-37)42-57-39(53-27-23-45-35(49)31-17-9-3-10-18-31)40(58-42)54-28-24-46-36(50)32-19-11-4-12-20-32/h1-20H,21-28H2,(H,43,47)(H,44,48)(H,45,49)(H,46,50). The Morgan fingerprint density at radius 3 is 0.759 bits per heavy atom. The quantitative estimate of drug-likeness (QED) is 0.0633. The largest absolute Gasteiger partial charge is 0.351 e. The molecule has 0 aliphatic carbocycles. The first kappa shape index (κ1) is 44.3. The van der Waals surface area contributed by atoms with E-state index in [-0.39, 0.29) is 23.6 Å². The fraction of sp³-hybridized carbons (Fsp3) is 0.190. The Hall–Kier alpha value is -3.22. The topological polar surface area (TPSA) is 116 Å². The van der Waals surface area contributed by atoms with Gasteiger partial charge in [0.05, 0.1) is 25.4 Å². The van der Waals surface area contributed by atoms with E-state index in [9.17, 15) is 19.2 Å². The minimum atomic E-state index is -0.0886. The Bertz CT molecular complexity index is 1820. The molecule has 0 saturated carbocycles. The van der Waals surface area contributed by atoms with Crippen LogP contribution in [0.4, 0.5) is 0 Å². The lowest BCUT2D eigenvalue weighted by Crippen LogP contribution is -2.25. The van der Waals surface area contributed by atoms with Crippen molar-refractivity contribution in [1.29, 1.82) is 0 Å². The molecular formula is C42H40N4O4S8. The smallest absolute Gasteiger partial charge is 0.251 e. The van der Waals surface area contributed by atoms with Gasteiger partial charge in [-0.25, -0.2) is 0 Å². The van der Waals surface area contributed by atoms with E-state index >= 15 is 0 Å². The highest BCUT2D eigenvalue weighted by Gasteiger charge is 2.31. The molecule has 0 atom stereocenters. The number of hydrogen-bond donors (Lipinski definition) is 4. The van der Waals surface area contributed by atoms with Crippen LogP contribution < -0.4 is 21.3 Å². The second-order valence-corrected chi connectivity index (χ2v) is 22.1. The highest BCUT2D eigenvalue weighted by Crippen LogP contribution is 2.66. The average Bonchev–Trinajstić information content (AvgIpc) is 3.88. The van der Waals surface area contributed by atoms with E-state index in [0.717, 1.165) is 0 Å². The molecule has 2 aliphatic heterocycles. The predicted molar refractivity (Wildman–Crippen MR) is 256 cm³/mol. The lowest BCUT2D eigenvalue weighted by atomic mass is 10.2. The van der Waals surface area contributed by atoms with E-state index < -0.39 is 0 Å². The van der Waals surface area contributed by atoms with Gasteiger partial charge >= 0.3 is 0 Å². The van der Waals surface area contributed by atoms with E-state index in [2.05, 4.69) is 21.3 Å². The summed E-state index contributed by atoms with van der Waals surface area (Å²) in [6.07, 6.45) is 0. The van der Waals surface area contributed by atoms with Crippen LogP contribution in [-0.4, -0.2) is 72.8 Å². The van der Waals surface area contributed by atoms with Gasteiger partial charge in [0.2, 0.25) is 0 Å². The molecule has 16 heteroatoms. The molecule has 0 aromatic heterocycles. The van der Waals surface area contributed by atoms with Crippen LogP contribution in [0.1, 0.15) is 41.4 Å². The van der Waals surface area contributed by atoms with Crippen LogP contribution in [-0.2, 0) is 0 Å². The zero-order chi connectivity index (χ0) is 40.4. The van der Waals surface area contributed by atoms with Gasteiger partial charge < -0.3 is 21.3 Å². The van der Waals surface area contributed by atoms with Crippen molar-refractivity contribution in [2.45, 2.75) is 0 Å². The third-order valence-electron chi connectivity index (χ3n) is 7.87. The van der Waals surface area contributed by atoms with Gasteiger partial charge in [0.25, 0.3) is 23.6 Å². The van der Waals surface area contributed by atoms with Gasteiger partial charge in [0.15, 0.2) is 0 Å². The maximum absolute atomic E-state index is 12.7. The molecule has 4 N–H and O–H groups in total. The lowest BCUT2D eigenvalue weighted by molar-refractivity contribution is 0.0948. The van der Waals surface area contributed by atoms with Gasteiger partial charge in [-0.1, -0.05) is 120 Å². The molecule has 6 rings (SSSR count). The molecule has 0 radical (unpaired) electrons. The second kappa shape index (κ2) is 24.1. The highest BCUT2D eigenvalue weighted by molar-refractivity contribution is 8.45. The number of rotatable bonds is 20. The van der Waals surface area contributed by atoms with Crippen molar-refractivity contribution >= 4 is 118 Å². The van der Waals surface area contributed by atoms with Gasteiger partial charge in [-0.3, -0.25) is 19.2 Å². The van der Waals surface area contributed by atoms with Gasteiger partial charge in [-0.05, 0) is 48.5 Å². The SMILES string of the molecule is O=C(NCCSC1=C(SCCNC(=O)c2ccccc2)SC(=C2SC(SCCNC(=O)c3ccccc3)=C(SCCNC(=O)c3ccccc3)S2)S1)c1ccccc1. The Balaban J connectivity index is 1.08. The molecule has 4 aromatic rings. The van der Waals surface area contributed by atoms with Crippen LogP contribution in [0.15, 0.2) is 147 Å². The molecule has 0 unspecified atom stereocenters. The van der Waals surface area contributed by atoms with Crippen LogP contribution in [0.25, 0.3) is 0 Å². The first-order chi connectivity index (χ1) is 28.4. The summed E-state index contributed by atoms with van der Waals surface area (Å²) in [6, 6.07) is 36.9. The summed E-state index contributed by atoms with van der Waals surface area (Å²) >= 11 is 14.0. The lowest BCUT2D eigenvalue weighted by Gasteiger charge is -2.08. The number of benzene rings is 4. The number of amides is 4. The molecule has 2 aliphatic rings. The van der Waals surface area contributed by atoms with Crippen molar-refractivity contribution in [2.24, 2.45) is 0 Å². The average molecular weight is 921 g/mol. The first-order valence-corrected chi connectivity index (χ1v) is 25.4. The van der Waals surface area contributed by atoms with Gasteiger partial charge in [0.1, 0.15) is 0 Å². The van der Waals surface area contributed by atoms with E-state index in [1.807, 2.05) is 121 Å². The Morgan fingerprint density at radius 1 is 0.345 bits per heavy atom. The first-order valence-electron chi connectivity index (χ1n) is 18.2. The zero-order valence-corrected chi connectivity index (χ0v) is 37.6. The van der Waals surface area contributed by atoms with Crippen LogP contribution in [0.3, 0.4) is 0 Å². The summed E-state index contributed by atoms with van der Waals surface area (Å²) in [5, 5.41) is 12.2. The number of hydrogen-bond acceptors (Lipinski definition) is 12. The van der Waals surface area contributed by atoms with Crippen molar-refractivity contribution in [2.75, 3.05) is 49.2 Å². The van der Waals surface area contributed by atoms with E-state index in [1.54, 1.807) is 94.1 Å². The van der Waals surface area contributed by atoms with Crippen LogP contribution in [0, 0.1) is 0 Å². The second-order valence-electron chi connectivity index (χ2n) is 12.0. The molecule has 4 aromatic carbocycles. The number of nitrogens with one attached hydrogen (secondary N) is 4. The predicted octanol–water partition coefficient (Wildman–Crippen LogP) is 9.98. The summed E-state index contributed by atoms with van der Waals surface area (Å²) in [6.45, 7) is 2.10. The molecule has 0 bridgehead atoms. The van der Waals surface area contributed by atoms with Crippen molar-refractivity contribution in [3.63, 3.8) is 0 Å². The van der Waals surface area contributed by atoms with Crippen molar-refractivity contribution in [3.05, 3.63) is 169 Å². The monoisotopic (exact) mass is 920 g/mol. The van der Waals surface area contributed by atoms with Gasteiger partial charge in [-0.15, -0.1) is 47.0 Å². The van der Waals surface area contributed by atoms with E-state index in [0.29, 0.717) is 71.4 Å². The summed E-state index contributed by atoms with van der Waals surface area (Å²) in [4.78, 5) is 50.7. The molecule has 0 spiro atoms. The van der Waals surface area contributed by atoms with Crippen LogP contribution >= 0.6 is 94.1 Å². The maximum Gasteiger partial charge on any atom is 0.251 e. The number of carbonyl (C=O) groups is 4. The molecule has 0 fully saturated rings. The molecule has 0 saturated heterocycles. The number of carbonyl (C=O) groups excluding carboxylic acids is 4. The molecule has 300 valence electrons. The Labute approximate surface area is 373 Å². The van der Waals surface area contributed by atoms with Crippen LogP contribution in [0.5, 0.6) is 0 Å². The molecular weight excluding hydrogens is 881 g/mol. The summed E-state index contributed by atoms with van der Waals surface area (Å²) < 4.78 is 7.14. The molecule has 4 amide bonds. The fourth-order valence-corrected chi connectivity index (χ4v) is 16.8. The molecule has 2 heterocycles. The highest BCUT2D eigenvalue weighted by atomic mass is 32.3. The normalized spacial score (nSPS) is 13.8. The van der Waals surface area contributed by atoms with E-state index in [1.165, 1.54) is 25.4 Å². The maximum atomic E-state index is 12.7. The number of thioether (sulfide) groups is 8. The van der Waals surface area contributed by atoms with Crippen molar-refractivity contribution < 1.29 is 19.2 Å². The zero-order valence-electron chi connectivity index (χ0n) is 31.1. The Morgan fingerprint density at radius 2 is 0.552 bits per heavy atom. The molecule has 8 nitrogen and oxygen atoms in total. The minimum Gasteiger partial charge on any atom is -0.351 e. The minimum absolute atomic E-state index is 0.0886. The summed E-state index contributed by atoms with van der Waals surface area (Å²) in [5.74, 6) is 2.49. The third kappa shape index (κ3) is 13.9. The summed E-state index contributed by atoms with van der Waals surface area (Å²) in [7, 11) is 0. The van der Waals surface area contributed by atoms with Crippen molar-refractivity contribution in [3.8, 4) is 0 Å². The van der Waals surface area contributed by atoms with Crippen LogP contribution in [0.2, 0.25) is 0 Å². The van der Waals surface area contributed by atoms with Crippen molar-refractivity contribution in [1.82, 2.24) is 21.3 Å². The van der Waals surface area contributed by atoms with Gasteiger partial charge in [-0.2, -0.15) is 0 Å². The van der Waals surface area contributed by atoms with E-state index in [4.69, 9.17) is 0 Å². The van der Waals surface area contributed by atoms with Gasteiger partial charge in [0, 0.05) is 71.4 Å². The fourth-order valence-electron chi connectivity index (χ4n) is 5.06. The summed E-state index contributed by atoms with van der Waals surface area (Å²) in [5.41, 5.74) is 2.56. The molecule has 58 heavy (non-hydrogen) atoms. The third-order valence-corrected chi connectivity index (χ3v) is 19.4. The Kier molecular flexibility index (Phi) is 18.5.